The minimum Gasteiger partial charge on any atom is -0.497 e. The zero-order valence-corrected chi connectivity index (χ0v) is 15.6. The highest BCUT2D eigenvalue weighted by Crippen LogP contribution is 2.29. The number of methoxy groups -OCH3 is 1. The smallest absolute Gasteiger partial charge is 0.339 e. The molecule has 0 atom stereocenters. The maximum absolute atomic E-state index is 12.1. The number of rotatable bonds is 6. The van der Waals surface area contributed by atoms with Crippen LogP contribution < -0.4 is 20.4 Å². The van der Waals surface area contributed by atoms with Gasteiger partial charge in [-0.2, -0.15) is 0 Å². The maximum atomic E-state index is 12.1. The molecule has 1 aromatic heterocycles. The fourth-order valence-electron chi connectivity index (χ4n) is 3.50. The molecule has 0 aliphatic heterocycles. The second-order valence-electron chi connectivity index (χ2n) is 6.77. The molecule has 0 radical (unpaired) electrons. The van der Waals surface area contributed by atoms with Crippen LogP contribution in [0.25, 0.3) is 11.0 Å². The number of carbonyl (C=O) groups is 1. The number of benzene rings is 2. The zero-order valence-electron chi connectivity index (χ0n) is 15.6. The summed E-state index contributed by atoms with van der Waals surface area (Å²) in [4.78, 5) is 24.1. The highest BCUT2D eigenvalue weighted by atomic mass is 16.5. The molecule has 1 aliphatic carbocycles. The minimum atomic E-state index is -0.269. The number of fused-ring (bicyclic) bond motifs is 3. The van der Waals surface area contributed by atoms with Gasteiger partial charge in [0, 0.05) is 23.6 Å². The number of carbonyl (C=O) groups excluding carboxylic acids is 1. The Balaban J connectivity index is 1.37. The van der Waals surface area contributed by atoms with Crippen molar-refractivity contribution < 1.29 is 18.7 Å². The molecule has 0 bridgehead atoms. The van der Waals surface area contributed by atoms with Gasteiger partial charge in [-0.25, -0.2) is 4.79 Å². The van der Waals surface area contributed by atoms with E-state index in [9.17, 15) is 9.59 Å². The van der Waals surface area contributed by atoms with Crippen molar-refractivity contribution in [3.63, 3.8) is 0 Å². The number of amides is 1. The Hall–Kier alpha value is -3.28. The Morgan fingerprint density at radius 1 is 1.07 bits per heavy atom. The minimum absolute atomic E-state index is 0.114. The van der Waals surface area contributed by atoms with Crippen molar-refractivity contribution in [2.24, 2.45) is 0 Å². The topological polar surface area (TPSA) is 77.8 Å². The van der Waals surface area contributed by atoms with Gasteiger partial charge in [0.1, 0.15) is 17.1 Å². The van der Waals surface area contributed by atoms with Crippen LogP contribution in [0.2, 0.25) is 0 Å². The first-order valence-corrected chi connectivity index (χ1v) is 9.25. The lowest BCUT2D eigenvalue weighted by molar-refractivity contribution is -0.123. The van der Waals surface area contributed by atoms with Crippen LogP contribution in [0.5, 0.6) is 11.5 Å². The van der Waals surface area contributed by atoms with Crippen molar-refractivity contribution in [1.29, 1.82) is 0 Å². The van der Waals surface area contributed by atoms with Crippen LogP contribution in [0.3, 0.4) is 0 Å². The summed E-state index contributed by atoms with van der Waals surface area (Å²) in [6, 6.07) is 12.8. The Kier molecular flexibility index (Phi) is 5.02. The quantitative estimate of drug-likeness (QED) is 0.666. The van der Waals surface area contributed by atoms with Gasteiger partial charge in [-0.05, 0) is 54.7 Å². The van der Waals surface area contributed by atoms with E-state index < -0.39 is 0 Å². The number of nitrogens with one attached hydrogen (secondary N) is 1. The van der Waals surface area contributed by atoms with E-state index in [2.05, 4.69) is 5.32 Å². The predicted molar refractivity (Wildman–Crippen MR) is 105 cm³/mol. The van der Waals surface area contributed by atoms with Crippen LogP contribution in [-0.4, -0.2) is 19.6 Å². The molecule has 0 unspecified atom stereocenters. The van der Waals surface area contributed by atoms with Crippen LogP contribution in [0, 0.1) is 0 Å². The molecule has 4 rings (SSSR count). The van der Waals surface area contributed by atoms with Gasteiger partial charge in [-0.1, -0.05) is 12.1 Å². The molecule has 1 N–H and O–H groups in total. The van der Waals surface area contributed by atoms with Gasteiger partial charge in [0.25, 0.3) is 5.91 Å². The molecule has 0 fully saturated rings. The van der Waals surface area contributed by atoms with E-state index in [-0.39, 0.29) is 18.1 Å². The van der Waals surface area contributed by atoms with Crippen LogP contribution >= 0.6 is 0 Å². The summed E-state index contributed by atoms with van der Waals surface area (Å²) in [7, 11) is 1.61. The van der Waals surface area contributed by atoms with Crippen LogP contribution in [0.4, 0.5) is 0 Å². The second-order valence-corrected chi connectivity index (χ2v) is 6.77. The molecule has 2 aromatic carbocycles. The van der Waals surface area contributed by atoms with E-state index >= 15 is 0 Å². The summed E-state index contributed by atoms with van der Waals surface area (Å²) in [5, 5.41) is 3.76. The van der Waals surface area contributed by atoms with Gasteiger partial charge in [0.15, 0.2) is 6.61 Å². The van der Waals surface area contributed by atoms with Crippen molar-refractivity contribution in [2.45, 2.75) is 25.8 Å². The molecule has 1 amide bonds. The Morgan fingerprint density at radius 3 is 2.61 bits per heavy atom. The van der Waals surface area contributed by atoms with Crippen LogP contribution in [-0.2, 0) is 24.2 Å². The molecule has 6 nitrogen and oxygen atoms in total. The molecule has 28 heavy (non-hydrogen) atoms. The molecule has 6 heteroatoms. The second kappa shape index (κ2) is 7.76. The lowest BCUT2D eigenvalue weighted by Gasteiger charge is -2.09. The summed E-state index contributed by atoms with van der Waals surface area (Å²) in [6.45, 7) is 0.293. The molecular formula is C22H21NO5. The highest BCUT2D eigenvalue weighted by Gasteiger charge is 2.19. The molecule has 144 valence electrons. The number of aryl methyl sites for hydroxylation is 1. The standard InChI is InChI=1S/C22H21NO5/c1-26-15-7-5-14(6-8-15)12-23-21(24)13-27-16-9-10-18-17-3-2-4-19(17)22(25)28-20(18)11-16/h5-11H,2-4,12-13H2,1H3,(H,23,24). The average molecular weight is 379 g/mol. The van der Waals surface area contributed by atoms with Crippen molar-refractivity contribution in [3.8, 4) is 11.5 Å². The largest absolute Gasteiger partial charge is 0.497 e. The van der Waals surface area contributed by atoms with E-state index in [1.807, 2.05) is 30.3 Å². The van der Waals surface area contributed by atoms with E-state index in [0.29, 0.717) is 17.9 Å². The third kappa shape index (κ3) is 3.71. The molecule has 0 saturated heterocycles. The summed E-state index contributed by atoms with van der Waals surface area (Å²) in [6.07, 6.45) is 2.65. The van der Waals surface area contributed by atoms with Crippen molar-refractivity contribution in [3.05, 3.63) is 69.6 Å². The Bertz CT molecular complexity index is 1070. The summed E-state index contributed by atoms with van der Waals surface area (Å²) < 4.78 is 16.1. The average Bonchev–Trinajstić information content (AvgIpc) is 3.22. The first-order valence-electron chi connectivity index (χ1n) is 9.25. The van der Waals surface area contributed by atoms with Crippen molar-refractivity contribution in [2.75, 3.05) is 13.7 Å². The third-order valence-corrected chi connectivity index (χ3v) is 4.96. The monoisotopic (exact) mass is 379 g/mol. The maximum Gasteiger partial charge on any atom is 0.339 e. The molecule has 1 heterocycles. The summed E-state index contributed by atoms with van der Waals surface area (Å²) in [5.41, 5.74) is 3.07. The van der Waals surface area contributed by atoms with Crippen molar-refractivity contribution in [1.82, 2.24) is 5.32 Å². The van der Waals surface area contributed by atoms with E-state index in [1.165, 1.54) is 0 Å². The Labute approximate surface area is 162 Å². The van der Waals surface area contributed by atoms with Gasteiger partial charge < -0.3 is 19.2 Å². The zero-order chi connectivity index (χ0) is 19.5. The van der Waals surface area contributed by atoms with E-state index in [1.54, 1.807) is 19.2 Å². The first-order chi connectivity index (χ1) is 13.6. The van der Waals surface area contributed by atoms with Gasteiger partial charge in [-0.15, -0.1) is 0 Å². The predicted octanol–water partition coefficient (Wildman–Crippen LogP) is 2.99. The van der Waals surface area contributed by atoms with Gasteiger partial charge >= 0.3 is 5.63 Å². The van der Waals surface area contributed by atoms with Crippen molar-refractivity contribution >= 4 is 16.9 Å². The molecule has 3 aromatic rings. The fourth-order valence-corrected chi connectivity index (χ4v) is 3.50. The third-order valence-electron chi connectivity index (χ3n) is 4.96. The van der Waals surface area contributed by atoms with E-state index in [4.69, 9.17) is 13.9 Å². The Morgan fingerprint density at radius 2 is 1.82 bits per heavy atom. The SMILES string of the molecule is COc1ccc(CNC(=O)COc2ccc3c4c(c(=O)oc3c2)CCC4)cc1. The molecule has 0 saturated carbocycles. The summed E-state index contributed by atoms with van der Waals surface area (Å²) >= 11 is 0. The lowest BCUT2D eigenvalue weighted by atomic mass is 10.1. The number of hydrogen-bond donors (Lipinski definition) is 1. The van der Waals surface area contributed by atoms with E-state index in [0.717, 1.165) is 47.1 Å². The lowest BCUT2D eigenvalue weighted by Crippen LogP contribution is -2.28. The summed E-state index contributed by atoms with van der Waals surface area (Å²) in [5.74, 6) is 1.03. The molecule has 1 aliphatic rings. The highest BCUT2D eigenvalue weighted by molar-refractivity contribution is 5.83. The first kappa shape index (κ1) is 18.1. The number of hydrogen-bond acceptors (Lipinski definition) is 5. The molecular weight excluding hydrogens is 358 g/mol. The fraction of sp³-hybridized carbons (Fsp3) is 0.273. The normalized spacial score (nSPS) is 12.6. The van der Waals surface area contributed by atoms with Crippen LogP contribution in [0.1, 0.15) is 23.1 Å². The van der Waals surface area contributed by atoms with Crippen LogP contribution in [0.15, 0.2) is 51.7 Å². The molecule has 0 spiro atoms. The van der Waals surface area contributed by atoms with Gasteiger partial charge in [0.2, 0.25) is 0 Å². The van der Waals surface area contributed by atoms with Gasteiger partial charge in [0.05, 0.1) is 7.11 Å². The van der Waals surface area contributed by atoms with Gasteiger partial charge in [-0.3, -0.25) is 4.79 Å². The number of ether oxygens (including phenoxy) is 2.